The van der Waals surface area contributed by atoms with Gasteiger partial charge in [0.2, 0.25) is 0 Å². The number of aryl methyl sites for hydroxylation is 1. The summed E-state index contributed by atoms with van der Waals surface area (Å²) in [4.78, 5) is 28.2. The third kappa shape index (κ3) is 4.78. The summed E-state index contributed by atoms with van der Waals surface area (Å²) in [5, 5.41) is 11.4. The Kier molecular flexibility index (Phi) is 6.92. The summed E-state index contributed by atoms with van der Waals surface area (Å²) < 4.78 is 11.3. The van der Waals surface area contributed by atoms with Gasteiger partial charge in [-0.05, 0) is 42.7 Å². The fourth-order valence-corrected chi connectivity index (χ4v) is 4.22. The zero-order valence-electron chi connectivity index (χ0n) is 20.3. The molecule has 0 aromatic heterocycles. The molecule has 1 aliphatic heterocycles. The highest BCUT2D eigenvalue weighted by molar-refractivity contribution is 6.51. The molecule has 0 bridgehead atoms. The monoisotopic (exact) mass is 471 g/mol. The molecule has 1 aliphatic rings. The van der Waals surface area contributed by atoms with Crippen LogP contribution in [0.5, 0.6) is 11.5 Å². The Morgan fingerprint density at radius 1 is 1.00 bits per heavy atom. The van der Waals surface area contributed by atoms with Crippen molar-refractivity contribution in [1.29, 1.82) is 0 Å². The number of hydrogen-bond donors (Lipinski definition) is 1. The molecule has 1 saturated heterocycles. The first-order valence-electron chi connectivity index (χ1n) is 11.6. The van der Waals surface area contributed by atoms with Crippen LogP contribution in [0.4, 0.5) is 5.69 Å². The van der Waals surface area contributed by atoms with Crippen LogP contribution in [0, 0.1) is 12.8 Å². The SMILES string of the molecule is COc1ccccc1N1C(=O)C(=O)/C(=C(\O)c2cccc(OCC(C)C)c2)C1c1cccc(C)c1. The Morgan fingerprint density at radius 3 is 2.46 bits per heavy atom. The van der Waals surface area contributed by atoms with Crippen LogP contribution in [0.1, 0.15) is 36.6 Å². The average molecular weight is 472 g/mol. The third-order valence-corrected chi connectivity index (χ3v) is 5.84. The number of methoxy groups -OCH3 is 1. The first kappa shape index (κ1) is 24.1. The number of benzene rings is 3. The minimum absolute atomic E-state index is 0.0208. The van der Waals surface area contributed by atoms with E-state index in [2.05, 4.69) is 0 Å². The Hall–Kier alpha value is -4.06. The molecule has 4 rings (SSSR count). The van der Waals surface area contributed by atoms with Crippen LogP contribution in [0.2, 0.25) is 0 Å². The highest BCUT2D eigenvalue weighted by Crippen LogP contribution is 2.45. The van der Waals surface area contributed by atoms with Crippen molar-refractivity contribution in [3.8, 4) is 11.5 Å². The number of amides is 1. The summed E-state index contributed by atoms with van der Waals surface area (Å²) in [5.74, 6) is -0.366. The molecule has 1 heterocycles. The summed E-state index contributed by atoms with van der Waals surface area (Å²) in [6, 6.07) is 20.7. The molecule has 1 unspecified atom stereocenters. The van der Waals surface area contributed by atoms with Gasteiger partial charge in [-0.25, -0.2) is 0 Å². The van der Waals surface area contributed by atoms with Gasteiger partial charge in [0.05, 0.1) is 31.0 Å². The lowest BCUT2D eigenvalue weighted by atomic mass is 9.94. The standard InChI is InChI=1S/C29H29NO5/c1-18(2)17-35-22-12-8-11-21(16-22)27(31)25-26(20-10-7-9-19(3)15-20)30(29(33)28(25)32)23-13-5-6-14-24(23)34-4/h5-16,18,26,31H,17H2,1-4H3/b27-25-. The number of carbonyl (C=O) groups excluding carboxylic acids is 2. The van der Waals surface area contributed by atoms with Crippen molar-refractivity contribution in [1.82, 2.24) is 0 Å². The Balaban J connectivity index is 1.90. The molecule has 1 N–H and O–H groups in total. The summed E-state index contributed by atoms with van der Waals surface area (Å²) >= 11 is 0. The van der Waals surface area contributed by atoms with E-state index in [0.717, 1.165) is 5.56 Å². The first-order chi connectivity index (χ1) is 16.8. The van der Waals surface area contributed by atoms with Gasteiger partial charge < -0.3 is 14.6 Å². The van der Waals surface area contributed by atoms with Gasteiger partial charge in [-0.3, -0.25) is 14.5 Å². The highest BCUT2D eigenvalue weighted by atomic mass is 16.5. The quantitative estimate of drug-likeness (QED) is 0.273. The zero-order valence-corrected chi connectivity index (χ0v) is 20.3. The minimum atomic E-state index is -0.827. The molecule has 6 nitrogen and oxygen atoms in total. The fourth-order valence-electron chi connectivity index (χ4n) is 4.22. The van der Waals surface area contributed by atoms with Gasteiger partial charge in [0.15, 0.2) is 0 Å². The number of para-hydroxylation sites is 2. The maximum absolute atomic E-state index is 13.4. The van der Waals surface area contributed by atoms with Crippen LogP contribution >= 0.6 is 0 Å². The number of carbonyl (C=O) groups is 2. The lowest BCUT2D eigenvalue weighted by Crippen LogP contribution is -2.29. The largest absolute Gasteiger partial charge is 0.507 e. The second-order valence-corrected chi connectivity index (χ2v) is 8.99. The number of aliphatic hydroxyl groups excluding tert-OH is 1. The summed E-state index contributed by atoms with van der Waals surface area (Å²) in [7, 11) is 1.51. The van der Waals surface area contributed by atoms with E-state index in [9.17, 15) is 14.7 Å². The van der Waals surface area contributed by atoms with Gasteiger partial charge in [0, 0.05) is 5.56 Å². The van der Waals surface area contributed by atoms with E-state index in [1.165, 1.54) is 12.0 Å². The minimum Gasteiger partial charge on any atom is -0.507 e. The number of rotatable bonds is 7. The summed E-state index contributed by atoms with van der Waals surface area (Å²) in [5.41, 5.74) is 2.56. The lowest BCUT2D eigenvalue weighted by molar-refractivity contribution is -0.132. The van der Waals surface area contributed by atoms with E-state index in [1.807, 2.05) is 45.0 Å². The number of ketones is 1. The van der Waals surface area contributed by atoms with Gasteiger partial charge in [0.25, 0.3) is 11.7 Å². The highest BCUT2D eigenvalue weighted by Gasteiger charge is 2.47. The molecule has 6 heteroatoms. The van der Waals surface area contributed by atoms with E-state index in [1.54, 1.807) is 48.5 Å². The third-order valence-electron chi connectivity index (χ3n) is 5.84. The van der Waals surface area contributed by atoms with Gasteiger partial charge in [-0.1, -0.05) is 67.9 Å². The fraction of sp³-hybridized carbons (Fsp3) is 0.241. The number of aliphatic hydroxyl groups is 1. The second kappa shape index (κ2) is 10.1. The average Bonchev–Trinajstić information content (AvgIpc) is 3.12. The van der Waals surface area contributed by atoms with Crippen molar-refractivity contribution in [3.05, 3.63) is 95.1 Å². The van der Waals surface area contributed by atoms with E-state index in [4.69, 9.17) is 9.47 Å². The molecule has 1 amide bonds. The van der Waals surface area contributed by atoms with Crippen molar-refractivity contribution < 1.29 is 24.2 Å². The molecule has 180 valence electrons. The number of ether oxygens (including phenoxy) is 2. The number of anilines is 1. The smallest absolute Gasteiger partial charge is 0.300 e. The Bertz CT molecular complexity index is 1290. The summed E-state index contributed by atoms with van der Waals surface area (Å²) in [6.07, 6.45) is 0. The lowest BCUT2D eigenvalue weighted by Gasteiger charge is -2.27. The first-order valence-corrected chi connectivity index (χ1v) is 11.6. The van der Waals surface area contributed by atoms with Crippen LogP contribution in [-0.4, -0.2) is 30.5 Å². The van der Waals surface area contributed by atoms with E-state index in [-0.39, 0.29) is 11.3 Å². The molecule has 0 saturated carbocycles. The zero-order chi connectivity index (χ0) is 25.1. The predicted molar refractivity (Wildman–Crippen MR) is 136 cm³/mol. The molecule has 35 heavy (non-hydrogen) atoms. The Morgan fingerprint density at radius 2 is 1.74 bits per heavy atom. The van der Waals surface area contributed by atoms with Crippen molar-refractivity contribution in [2.75, 3.05) is 18.6 Å². The van der Waals surface area contributed by atoms with Gasteiger partial charge in [0.1, 0.15) is 17.3 Å². The van der Waals surface area contributed by atoms with Crippen LogP contribution in [-0.2, 0) is 9.59 Å². The van der Waals surface area contributed by atoms with Gasteiger partial charge in [-0.2, -0.15) is 0 Å². The molecular formula is C29H29NO5. The molecule has 1 fully saturated rings. The van der Waals surface area contributed by atoms with Crippen molar-refractivity contribution in [2.24, 2.45) is 5.92 Å². The second-order valence-electron chi connectivity index (χ2n) is 8.99. The number of Topliss-reactive ketones (excluding diaryl/α,β-unsaturated/α-hetero) is 1. The van der Waals surface area contributed by atoms with Gasteiger partial charge in [-0.15, -0.1) is 0 Å². The molecule has 3 aromatic rings. The molecule has 0 radical (unpaired) electrons. The molecule has 0 aliphatic carbocycles. The van der Waals surface area contributed by atoms with Crippen LogP contribution < -0.4 is 14.4 Å². The topological polar surface area (TPSA) is 76.1 Å². The maximum atomic E-state index is 13.4. The molecule has 3 aromatic carbocycles. The van der Waals surface area contributed by atoms with Crippen LogP contribution in [0.15, 0.2) is 78.4 Å². The van der Waals surface area contributed by atoms with Gasteiger partial charge >= 0.3 is 0 Å². The molecule has 0 spiro atoms. The van der Waals surface area contributed by atoms with Crippen molar-refractivity contribution in [2.45, 2.75) is 26.8 Å². The van der Waals surface area contributed by atoms with E-state index < -0.39 is 17.7 Å². The molecule has 1 atom stereocenters. The predicted octanol–water partition coefficient (Wildman–Crippen LogP) is 5.66. The molecular weight excluding hydrogens is 442 g/mol. The number of nitrogens with zero attached hydrogens (tertiary/aromatic N) is 1. The van der Waals surface area contributed by atoms with Crippen LogP contribution in [0.3, 0.4) is 0 Å². The number of hydrogen-bond acceptors (Lipinski definition) is 5. The van der Waals surface area contributed by atoms with Crippen molar-refractivity contribution in [3.63, 3.8) is 0 Å². The maximum Gasteiger partial charge on any atom is 0.300 e. The van der Waals surface area contributed by atoms with E-state index in [0.29, 0.717) is 40.8 Å². The van der Waals surface area contributed by atoms with Crippen molar-refractivity contribution >= 4 is 23.1 Å². The van der Waals surface area contributed by atoms with E-state index >= 15 is 0 Å². The Labute approximate surface area is 205 Å². The van der Waals surface area contributed by atoms with Crippen LogP contribution in [0.25, 0.3) is 5.76 Å². The summed E-state index contributed by atoms with van der Waals surface area (Å²) in [6.45, 7) is 6.55. The normalized spacial score (nSPS) is 17.2.